The lowest BCUT2D eigenvalue weighted by atomic mass is 10.0. The largest absolute Gasteiger partial charge is 0.480 e. The van der Waals surface area contributed by atoms with Crippen molar-refractivity contribution in [1.29, 1.82) is 0 Å². The zero-order valence-electron chi connectivity index (χ0n) is 24.9. The number of carboxylic acid groups (broad SMARTS) is 1. The van der Waals surface area contributed by atoms with Gasteiger partial charge < -0.3 is 15.2 Å². The summed E-state index contributed by atoms with van der Waals surface area (Å²) in [4.78, 5) is 38.9. The molecular formula is C28H34N8O6S2. The molecule has 1 unspecified atom stereocenters. The summed E-state index contributed by atoms with van der Waals surface area (Å²) in [6.07, 6.45) is 4.07. The monoisotopic (exact) mass is 642 g/mol. The molecule has 44 heavy (non-hydrogen) atoms. The molecule has 234 valence electrons. The maximum Gasteiger partial charge on any atom is 0.348 e. The number of thiazole rings is 1. The van der Waals surface area contributed by atoms with Crippen LogP contribution in [0.2, 0.25) is 0 Å². The maximum atomic E-state index is 13.5. The van der Waals surface area contributed by atoms with Gasteiger partial charge in [0.2, 0.25) is 15.9 Å². The first-order chi connectivity index (χ1) is 20.8. The van der Waals surface area contributed by atoms with Crippen LogP contribution in [0.1, 0.15) is 45.9 Å². The minimum atomic E-state index is -3.62. The number of nitrogens with zero attached hydrogens (tertiary/aromatic N) is 5. The second-order valence-electron chi connectivity index (χ2n) is 11.0. The standard InChI is InChI=1S/C28H34N8O6S2/c1-15(2)36-7-6-35(13-16(36)3)14-23-32-24(25(43-23)28(38)39)26(37)31-20-8-17(9-21-19(20)12-30-33-21)18-10-22(34-44(5,40)41)27(42-4)29-11-18/h8-12,15-16,34H,6-7,13-14H2,1-5H3,(H,30,33)(H,31,37)(H,38,39). The Morgan fingerprint density at radius 3 is 2.59 bits per heavy atom. The van der Waals surface area contributed by atoms with Gasteiger partial charge in [0.25, 0.3) is 5.91 Å². The van der Waals surface area contributed by atoms with E-state index in [1.54, 1.807) is 24.4 Å². The molecule has 0 saturated carbocycles. The molecule has 3 aromatic heterocycles. The van der Waals surface area contributed by atoms with E-state index in [-0.39, 0.29) is 22.1 Å². The first-order valence-electron chi connectivity index (χ1n) is 13.8. The fourth-order valence-electron chi connectivity index (χ4n) is 5.43. The normalized spacial score (nSPS) is 16.4. The number of piperazine rings is 1. The number of sulfonamides is 1. The highest BCUT2D eigenvalue weighted by molar-refractivity contribution is 7.92. The summed E-state index contributed by atoms with van der Waals surface area (Å²) in [5.41, 5.74) is 2.02. The third kappa shape index (κ3) is 6.83. The van der Waals surface area contributed by atoms with Crippen molar-refractivity contribution in [3.05, 3.63) is 46.2 Å². The fourth-order valence-corrected chi connectivity index (χ4v) is 6.92. The molecule has 14 nitrogen and oxygen atoms in total. The lowest BCUT2D eigenvalue weighted by Gasteiger charge is -2.41. The summed E-state index contributed by atoms with van der Waals surface area (Å²) in [6.45, 7) is 9.50. The van der Waals surface area contributed by atoms with Crippen molar-refractivity contribution in [2.24, 2.45) is 0 Å². The molecule has 4 aromatic rings. The molecule has 1 aromatic carbocycles. The zero-order valence-corrected chi connectivity index (χ0v) is 26.5. The number of anilines is 2. The van der Waals surface area contributed by atoms with Gasteiger partial charge in [-0.2, -0.15) is 5.10 Å². The third-order valence-corrected chi connectivity index (χ3v) is 8.96. The van der Waals surface area contributed by atoms with Crippen LogP contribution in [-0.4, -0.2) is 100 Å². The molecule has 1 aliphatic rings. The van der Waals surface area contributed by atoms with Crippen molar-refractivity contribution < 1.29 is 27.9 Å². The summed E-state index contributed by atoms with van der Waals surface area (Å²) in [5, 5.41) is 20.8. The van der Waals surface area contributed by atoms with Gasteiger partial charge in [-0.25, -0.2) is 23.2 Å². The molecule has 1 atom stereocenters. The second kappa shape index (κ2) is 12.5. The minimum absolute atomic E-state index is 0.0899. The average Bonchev–Trinajstić information content (AvgIpc) is 3.60. The lowest BCUT2D eigenvalue weighted by Crippen LogP contribution is -2.53. The molecule has 0 radical (unpaired) electrons. The molecule has 16 heteroatoms. The Bertz CT molecular complexity index is 1820. The number of hydrogen-bond donors (Lipinski definition) is 4. The SMILES string of the molecule is COc1ncc(-c2cc(NC(=O)c3nc(CN4CCN(C(C)C)C(C)C4)sc3C(=O)O)c3cn[nH]c3c2)cc1NS(C)(=O)=O. The van der Waals surface area contributed by atoms with Crippen molar-refractivity contribution in [2.45, 2.75) is 39.4 Å². The van der Waals surface area contributed by atoms with Crippen molar-refractivity contribution in [3.63, 3.8) is 0 Å². The van der Waals surface area contributed by atoms with E-state index in [9.17, 15) is 23.1 Å². The number of benzene rings is 1. The van der Waals surface area contributed by atoms with Gasteiger partial charge in [-0.05, 0) is 44.5 Å². The molecule has 4 heterocycles. The number of carboxylic acids is 1. The zero-order chi connectivity index (χ0) is 31.8. The summed E-state index contributed by atoms with van der Waals surface area (Å²) >= 11 is 1.00. The van der Waals surface area contributed by atoms with E-state index in [2.05, 4.69) is 60.8 Å². The number of carbonyl (C=O) groups excluding carboxylic acids is 1. The molecule has 0 bridgehead atoms. The number of nitrogens with one attached hydrogen (secondary N) is 3. The fraction of sp³-hybridized carbons (Fsp3) is 0.393. The van der Waals surface area contributed by atoms with Crippen molar-refractivity contribution in [1.82, 2.24) is 30.0 Å². The van der Waals surface area contributed by atoms with Gasteiger partial charge in [-0.1, -0.05) is 0 Å². The molecule has 1 aliphatic heterocycles. The number of aromatic nitrogens is 4. The number of fused-ring (bicyclic) bond motifs is 1. The van der Waals surface area contributed by atoms with E-state index in [1.165, 1.54) is 13.3 Å². The Balaban J connectivity index is 1.43. The molecule has 1 saturated heterocycles. The van der Waals surface area contributed by atoms with Crippen LogP contribution in [0.4, 0.5) is 11.4 Å². The number of methoxy groups -OCH3 is 1. The van der Waals surface area contributed by atoms with Crippen LogP contribution in [0.5, 0.6) is 5.88 Å². The van der Waals surface area contributed by atoms with E-state index < -0.39 is 21.9 Å². The molecule has 4 N–H and O–H groups in total. The number of aromatic amines is 1. The molecule has 5 rings (SSSR count). The predicted molar refractivity (Wildman–Crippen MR) is 168 cm³/mol. The number of amides is 1. The molecule has 0 aliphatic carbocycles. The predicted octanol–water partition coefficient (Wildman–Crippen LogP) is 3.33. The Kier molecular flexibility index (Phi) is 8.88. The van der Waals surface area contributed by atoms with Crippen LogP contribution in [0, 0.1) is 0 Å². The van der Waals surface area contributed by atoms with Gasteiger partial charge in [0.15, 0.2) is 5.69 Å². The topological polar surface area (TPSA) is 183 Å². The summed E-state index contributed by atoms with van der Waals surface area (Å²) in [5.74, 6) is -1.81. The number of aromatic carboxylic acids is 1. The Labute approximate surface area is 258 Å². The summed E-state index contributed by atoms with van der Waals surface area (Å²) < 4.78 is 31.4. The van der Waals surface area contributed by atoms with Crippen LogP contribution in [0.3, 0.4) is 0 Å². The highest BCUT2D eigenvalue weighted by Gasteiger charge is 2.28. The quantitative estimate of drug-likeness (QED) is 0.199. The maximum absolute atomic E-state index is 13.5. The van der Waals surface area contributed by atoms with Crippen LogP contribution in [0.15, 0.2) is 30.6 Å². The Morgan fingerprint density at radius 1 is 1.18 bits per heavy atom. The van der Waals surface area contributed by atoms with Crippen molar-refractivity contribution in [2.75, 3.05) is 43.0 Å². The first-order valence-corrected chi connectivity index (χ1v) is 16.6. The van der Waals surface area contributed by atoms with Gasteiger partial charge in [-0.15, -0.1) is 11.3 Å². The van der Waals surface area contributed by atoms with Gasteiger partial charge in [0, 0.05) is 48.9 Å². The van der Waals surface area contributed by atoms with Crippen LogP contribution in [0.25, 0.3) is 22.0 Å². The number of rotatable bonds is 10. The Hall–Kier alpha value is -4.12. The summed E-state index contributed by atoms with van der Waals surface area (Å²) in [7, 11) is -2.24. The summed E-state index contributed by atoms with van der Waals surface area (Å²) in [6, 6.07) is 5.79. The number of pyridine rings is 1. The molecule has 0 spiro atoms. The van der Waals surface area contributed by atoms with E-state index in [1.807, 2.05) is 0 Å². The Morgan fingerprint density at radius 2 is 1.93 bits per heavy atom. The van der Waals surface area contributed by atoms with Crippen molar-refractivity contribution >= 4 is 55.5 Å². The number of ether oxygens (including phenoxy) is 1. The van der Waals surface area contributed by atoms with Gasteiger partial charge >= 0.3 is 5.97 Å². The van der Waals surface area contributed by atoms with Crippen LogP contribution < -0.4 is 14.8 Å². The molecule has 1 fully saturated rings. The molecule has 1 amide bonds. The average molecular weight is 643 g/mol. The van der Waals surface area contributed by atoms with Crippen molar-refractivity contribution in [3.8, 4) is 17.0 Å². The molecular weight excluding hydrogens is 608 g/mol. The highest BCUT2D eigenvalue weighted by Crippen LogP contribution is 2.34. The second-order valence-corrected chi connectivity index (χ2v) is 13.8. The van der Waals surface area contributed by atoms with E-state index in [0.29, 0.717) is 51.4 Å². The van der Waals surface area contributed by atoms with Gasteiger partial charge in [0.05, 0.1) is 37.3 Å². The van der Waals surface area contributed by atoms with Crippen LogP contribution in [-0.2, 0) is 16.6 Å². The number of carbonyl (C=O) groups is 2. The number of hydrogen-bond acceptors (Lipinski definition) is 11. The first kappa shape index (κ1) is 31.3. The highest BCUT2D eigenvalue weighted by atomic mass is 32.2. The van der Waals surface area contributed by atoms with Gasteiger partial charge in [-0.3, -0.25) is 24.4 Å². The van der Waals surface area contributed by atoms with E-state index in [4.69, 9.17) is 4.74 Å². The van der Waals surface area contributed by atoms with Crippen LogP contribution >= 0.6 is 11.3 Å². The van der Waals surface area contributed by atoms with E-state index >= 15 is 0 Å². The lowest BCUT2D eigenvalue weighted by molar-refractivity contribution is 0.0563. The third-order valence-electron chi connectivity index (χ3n) is 7.35. The smallest absolute Gasteiger partial charge is 0.348 e. The minimum Gasteiger partial charge on any atom is -0.480 e. The number of H-pyrrole nitrogens is 1. The van der Waals surface area contributed by atoms with E-state index in [0.717, 1.165) is 37.2 Å². The van der Waals surface area contributed by atoms with Gasteiger partial charge in [0.1, 0.15) is 15.6 Å².